The Kier molecular flexibility index (Phi) is 5.54. The monoisotopic (exact) mass is 412 g/mol. The van der Waals surface area contributed by atoms with E-state index in [0.717, 1.165) is 47.8 Å². The second-order valence-corrected chi connectivity index (χ2v) is 9.55. The Bertz CT molecular complexity index is 1090. The van der Waals surface area contributed by atoms with Gasteiger partial charge in [0.05, 0.1) is 31.1 Å². The summed E-state index contributed by atoms with van der Waals surface area (Å²) in [5.74, 6) is 0.760. The van der Waals surface area contributed by atoms with Crippen molar-refractivity contribution in [2.45, 2.75) is 25.3 Å². The van der Waals surface area contributed by atoms with Crippen LogP contribution in [0.5, 0.6) is 0 Å². The average Bonchev–Trinajstić information content (AvgIpc) is 3.19. The van der Waals surface area contributed by atoms with Gasteiger partial charge < -0.3 is 9.42 Å². The molecule has 1 aromatic heterocycles. The fourth-order valence-electron chi connectivity index (χ4n) is 3.73. The van der Waals surface area contributed by atoms with Gasteiger partial charge in [0.1, 0.15) is 12.2 Å². The van der Waals surface area contributed by atoms with E-state index < -0.39 is 10.0 Å². The number of aryl methyl sites for hydroxylation is 2. The molecule has 1 saturated heterocycles. The van der Waals surface area contributed by atoms with Crippen LogP contribution in [0.2, 0.25) is 0 Å². The summed E-state index contributed by atoms with van der Waals surface area (Å²) in [6.45, 7) is 7.01. The van der Waals surface area contributed by atoms with Crippen molar-refractivity contribution in [2.75, 3.05) is 26.2 Å². The van der Waals surface area contributed by atoms with Gasteiger partial charge in [-0.3, -0.25) is 0 Å². The van der Waals surface area contributed by atoms with Gasteiger partial charge in [0, 0.05) is 11.6 Å². The van der Waals surface area contributed by atoms with E-state index in [2.05, 4.69) is 5.16 Å². The molecule has 0 unspecified atom stereocenters. The van der Waals surface area contributed by atoms with Gasteiger partial charge in [-0.1, -0.05) is 47.6 Å². The average molecular weight is 413 g/mol. The van der Waals surface area contributed by atoms with Crippen molar-refractivity contribution >= 4 is 10.0 Å². The fraction of sp³-hybridized carbons (Fsp3) is 0.318. The summed E-state index contributed by atoms with van der Waals surface area (Å²) in [5.41, 5.74) is 3.65. The summed E-state index contributed by atoms with van der Waals surface area (Å²) in [6, 6.07) is 17.5. The second kappa shape index (κ2) is 8.10. The molecule has 2 heterocycles. The summed E-state index contributed by atoms with van der Waals surface area (Å²) in [5, 5.41) is 4.20. The van der Waals surface area contributed by atoms with E-state index in [4.69, 9.17) is 4.52 Å². The standard InChI is InChI=1S/C22H25N3O3S/c1-17-8-9-18(2)22(14-17)29(26,27)25-12-10-24(11-13-25)16-20-15-21(28-23-20)19-6-4-3-5-7-19/h3-9,14-15H,10-13,16H2,1-2H3/p+1. The quantitative estimate of drug-likeness (QED) is 0.697. The first-order chi connectivity index (χ1) is 13.9. The third-order valence-electron chi connectivity index (χ3n) is 5.44. The molecule has 1 fully saturated rings. The number of benzene rings is 2. The van der Waals surface area contributed by atoms with Crippen LogP contribution >= 0.6 is 0 Å². The molecule has 1 aliphatic heterocycles. The van der Waals surface area contributed by atoms with Gasteiger partial charge in [-0.25, -0.2) is 8.42 Å². The van der Waals surface area contributed by atoms with E-state index >= 15 is 0 Å². The summed E-state index contributed by atoms with van der Waals surface area (Å²) >= 11 is 0. The van der Waals surface area contributed by atoms with Crippen LogP contribution in [0, 0.1) is 13.8 Å². The number of quaternary nitrogens is 1. The zero-order chi connectivity index (χ0) is 20.4. The molecular weight excluding hydrogens is 386 g/mol. The number of piperazine rings is 1. The number of hydrogen-bond donors (Lipinski definition) is 1. The summed E-state index contributed by atoms with van der Waals surface area (Å²) < 4.78 is 33.2. The van der Waals surface area contributed by atoms with Crippen molar-refractivity contribution in [3.63, 3.8) is 0 Å². The summed E-state index contributed by atoms with van der Waals surface area (Å²) in [6.07, 6.45) is 0. The van der Waals surface area contributed by atoms with Crippen molar-refractivity contribution in [3.8, 4) is 11.3 Å². The van der Waals surface area contributed by atoms with Gasteiger partial charge in [-0.05, 0) is 31.0 Å². The number of nitrogens with one attached hydrogen (secondary N) is 1. The molecule has 0 saturated carbocycles. The Morgan fingerprint density at radius 1 is 1.03 bits per heavy atom. The van der Waals surface area contributed by atoms with Crippen molar-refractivity contribution in [3.05, 3.63) is 71.4 Å². The minimum absolute atomic E-state index is 0.421. The van der Waals surface area contributed by atoms with E-state index in [1.807, 2.05) is 62.4 Å². The van der Waals surface area contributed by atoms with Crippen LogP contribution in [0.15, 0.2) is 64.0 Å². The van der Waals surface area contributed by atoms with E-state index in [1.165, 1.54) is 4.90 Å². The maximum atomic E-state index is 13.1. The van der Waals surface area contributed by atoms with E-state index in [1.54, 1.807) is 10.4 Å². The Hall–Kier alpha value is -2.48. The number of hydrogen-bond acceptors (Lipinski definition) is 4. The molecule has 0 spiro atoms. The van der Waals surface area contributed by atoms with Gasteiger partial charge in [0.25, 0.3) is 0 Å². The van der Waals surface area contributed by atoms with Gasteiger partial charge in [-0.2, -0.15) is 4.31 Å². The minimum Gasteiger partial charge on any atom is -0.356 e. The van der Waals surface area contributed by atoms with Gasteiger partial charge in [0.2, 0.25) is 10.0 Å². The normalized spacial score (nSPS) is 16.2. The molecule has 0 bridgehead atoms. The summed E-state index contributed by atoms with van der Waals surface area (Å²) in [4.78, 5) is 1.73. The third-order valence-corrected chi connectivity index (χ3v) is 7.48. The second-order valence-electron chi connectivity index (χ2n) is 7.65. The topological polar surface area (TPSA) is 67.8 Å². The van der Waals surface area contributed by atoms with Crippen LogP contribution < -0.4 is 4.90 Å². The van der Waals surface area contributed by atoms with Crippen molar-refractivity contribution in [1.82, 2.24) is 9.46 Å². The molecule has 1 aliphatic rings. The first-order valence-corrected chi connectivity index (χ1v) is 11.3. The Labute approximate surface area is 171 Å². The predicted octanol–water partition coefficient (Wildman–Crippen LogP) is 2.05. The molecule has 0 aliphatic carbocycles. The molecule has 29 heavy (non-hydrogen) atoms. The molecule has 7 heteroatoms. The van der Waals surface area contributed by atoms with Crippen LogP contribution in [-0.4, -0.2) is 44.1 Å². The SMILES string of the molecule is Cc1ccc(C)c(S(=O)(=O)N2CC[NH+](Cc3cc(-c4ccccc4)on3)CC2)c1. The van der Waals surface area contributed by atoms with Crippen LogP contribution in [-0.2, 0) is 16.6 Å². The lowest BCUT2D eigenvalue weighted by atomic mass is 10.1. The lowest BCUT2D eigenvalue weighted by molar-refractivity contribution is -0.917. The molecule has 152 valence electrons. The van der Waals surface area contributed by atoms with Gasteiger partial charge in [0.15, 0.2) is 5.76 Å². The molecule has 4 rings (SSSR count). The highest BCUT2D eigenvalue weighted by Crippen LogP contribution is 2.22. The highest BCUT2D eigenvalue weighted by molar-refractivity contribution is 7.89. The Morgan fingerprint density at radius 3 is 2.48 bits per heavy atom. The van der Waals surface area contributed by atoms with Crippen LogP contribution in [0.25, 0.3) is 11.3 Å². The van der Waals surface area contributed by atoms with Crippen molar-refractivity contribution < 1.29 is 17.8 Å². The molecule has 1 N–H and O–H groups in total. The van der Waals surface area contributed by atoms with Crippen LogP contribution in [0.3, 0.4) is 0 Å². The van der Waals surface area contributed by atoms with Crippen LogP contribution in [0.4, 0.5) is 0 Å². The maximum Gasteiger partial charge on any atom is 0.243 e. The summed E-state index contributed by atoms with van der Waals surface area (Å²) in [7, 11) is -3.46. The van der Waals surface area contributed by atoms with E-state index in [0.29, 0.717) is 18.0 Å². The largest absolute Gasteiger partial charge is 0.356 e. The highest BCUT2D eigenvalue weighted by Gasteiger charge is 2.31. The van der Waals surface area contributed by atoms with E-state index in [9.17, 15) is 8.42 Å². The predicted molar refractivity (Wildman–Crippen MR) is 111 cm³/mol. The molecule has 0 radical (unpaired) electrons. The number of nitrogens with zero attached hydrogens (tertiary/aromatic N) is 2. The first kappa shape index (κ1) is 19.8. The first-order valence-electron chi connectivity index (χ1n) is 9.85. The van der Waals surface area contributed by atoms with Gasteiger partial charge >= 0.3 is 0 Å². The molecular formula is C22H26N3O3S+. The molecule has 2 aromatic carbocycles. The molecule has 6 nitrogen and oxygen atoms in total. The molecule has 0 amide bonds. The lowest BCUT2D eigenvalue weighted by Crippen LogP contribution is -3.13. The van der Waals surface area contributed by atoms with Crippen molar-refractivity contribution in [1.29, 1.82) is 0 Å². The molecule has 3 aromatic rings. The van der Waals surface area contributed by atoms with Crippen LogP contribution in [0.1, 0.15) is 16.8 Å². The highest BCUT2D eigenvalue weighted by atomic mass is 32.2. The third kappa shape index (κ3) is 4.27. The van der Waals surface area contributed by atoms with Gasteiger partial charge in [-0.15, -0.1) is 0 Å². The number of sulfonamides is 1. The zero-order valence-electron chi connectivity index (χ0n) is 16.8. The minimum atomic E-state index is -3.46. The number of rotatable bonds is 5. The fourth-order valence-corrected chi connectivity index (χ4v) is 5.48. The Balaban J connectivity index is 1.40. The molecule has 0 atom stereocenters. The lowest BCUT2D eigenvalue weighted by Gasteiger charge is -2.31. The zero-order valence-corrected chi connectivity index (χ0v) is 17.6. The maximum absolute atomic E-state index is 13.1. The van der Waals surface area contributed by atoms with Crippen molar-refractivity contribution in [2.24, 2.45) is 0 Å². The van der Waals surface area contributed by atoms with E-state index in [-0.39, 0.29) is 0 Å². The smallest absolute Gasteiger partial charge is 0.243 e. The number of aromatic nitrogens is 1. The Morgan fingerprint density at radius 2 is 1.76 bits per heavy atom.